The number of hydrogen-bond acceptors (Lipinski definition) is 3. The van der Waals surface area contributed by atoms with E-state index < -0.39 is 0 Å². The van der Waals surface area contributed by atoms with Crippen molar-refractivity contribution in [3.05, 3.63) is 42.2 Å². The minimum Gasteiger partial charge on any atom is -0.310 e. The summed E-state index contributed by atoms with van der Waals surface area (Å²) in [4.78, 5) is 1.64. The Hall–Kier alpha value is -2.12. The van der Waals surface area contributed by atoms with E-state index in [2.05, 4.69) is 27.4 Å². The largest absolute Gasteiger partial charge is 0.310 e. The predicted molar refractivity (Wildman–Crippen MR) is 71.1 cm³/mol. The van der Waals surface area contributed by atoms with Gasteiger partial charge in [-0.25, -0.2) is 0 Å². The van der Waals surface area contributed by atoms with Crippen molar-refractivity contribution in [2.75, 3.05) is 6.54 Å². The van der Waals surface area contributed by atoms with E-state index in [1.165, 1.54) is 0 Å². The quantitative estimate of drug-likeness (QED) is 0.640. The number of rotatable bonds is 5. The molecule has 1 N–H and O–H groups in total. The zero-order valence-electron chi connectivity index (χ0n) is 10.4. The maximum atomic E-state index is 4.41. The molecule has 2 rings (SSSR count). The van der Waals surface area contributed by atoms with E-state index >= 15 is 0 Å². The van der Waals surface area contributed by atoms with Crippen LogP contribution in [0.2, 0.25) is 0 Å². The summed E-state index contributed by atoms with van der Waals surface area (Å²) in [5, 5.41) is 11.9. The Balaban J connectivity index is 1.88. The van der Waals surface area contributed by atoms with Gasteiger partial charge in [-0.05, 0) is 19.1 Å². The van der Waals surface area contributed by atoms with Crippen LogP contribution in [-0.2, 0) is 6.54 Å². The molecule has 0 bridgehead atoms. The molecule has 0 atom stereocenters. The first-order valence-corrected chi connectivity index (χ1v) is 5.97. The SMILES string of the molecule is CC#CCCNCc1cnn(-c2ccccc2)n1. The molecule has 0 fully saturated rings. The third-order valence-corrected chi connectivity index (χ3v) is 2.44. The summed E-state index contributed by atoms with van der Waals surface area (Å²) in [5.74, 6) is 5.88. The average molecular weight is 240 g/mol. The van der Waals surface area contributed by atoms with Crippen LogP contribution in [0.1, 0.15) is 19.0 Å². The van der Waals surface area contributed by atoms with E-state index in [1.807, 2.05) is 37.3 Å². The van der Waals surface area contributed by atoms with Gasteiger partial charge in [0.05, 0.1) is 17.6 Å². The van der Waals surface area contributed by atoms with Crippen LogP contribution < -0.4 is 5.32 Å². The minimum absolute atomic E-state index is 0.720. The topological polar surface area (TPSA) is 42.7 Å². The normalized spacial score (nSPS) is 9.83. The molecule has 0 amide bonds. The predicted octanol–water partition coefficient (Wildman–Crippen LogP) is 1.77. The van der Waals surface area contributed by atoms with E-state index in [0.29, 0.717) is 0 Å². The van der Waals surface area contributed by atoms with E-state index in [-0.39, 0.29) is 0 Å². The maximum absolute atomic E-state index is 4.41. The lowest BCUT2D eigenvalue weighted by Gasteiger charge is -1.99. The van der Waals surface area contributed by atoms with Crippen LogP contribution in [0.5, 0.6) is 0 Å². The fourth-order valence-electron chi connectivity index (χ4n) is 1.55. The second-order valence-corrected chi connectivity index (χ2v) is 3.81. The number of nitrogens with one attached hydrogen (secondary N) is 1. The smallest absolute Gasteiger partial charge is 0.0969 e. The molecule has 1 heterocycles. The molecule has 4 heteroatoms. The van der Waals surface area contributed by atoms with Gasteiger partial charge in [0.15, 0.2) is 0 Å². The Morgan fingerprint density at radius 1 is 1.28 bits per heavy atom. The first-order chi connectivity index (χ1) is 8.90. The summed E-state index contributed by atoms with van der Waals surface area (Å²) >= 11 is 0. The number of aromatic nitrogens is 3. The van der Waals surface area contributed by atoms with Crippen LogP contribution in [-0.4, -0.2) is 21.5 Å². The van der Waals surface area contributed by atoms with Crippen molar-refractivity contribution < 1.29 is 0 Å². The van der Waals surface area contributed by atoms with Crippen molar-refractivity contribution in [1.82, 2.24) is 20.3 Å². The van der Waals surface area contributed by atoms with Crippen molar-refractivity contribution in [1.29, 1.82) is 0 Å². The highest BCUT2D eigenvalue weighted by molar-refractivity contribution is 5.28. The summed E-state index contributed by atoms with van der Waals surface area (Å²) in [6.07, 6.45) is 2.65. The lowest BCUT2D eigenvalue weighted by atomic mass is 10.3. The molecule has 0 aliphatic rings. The molecule has 4 nitrogen and oxygen atoms in total. The lowest BCUT2D eigenvalue weighted by Crippen LogP contribution is -2.14. The Labute approximate surface area is 107 Å². The third-order valence-electron chi connectivity index (χ3n) is 2.44. The fraction of sp³-hybridized carbons (Fsp3) is 0.286. The van der Waals surface area contributed by atoms with E-state index in [0.717, 1.165) is 30.9 Å². The molecule has 0 saturated carbocycles. The molecule has 0 saturated heterocycles. The Kier molecular flexibility index (Phi) is 4.51. The van der Waals surface area contributed by atoms with Gasteiger partial charge in [-0.3, -0.25) is 0 Å². The molecule has 0 aliphatic heterocycles. The van der Waals surface area contributed by atoms with Crippen LogP contribution in [0.15, 0.2) is 36.5 Å². The molecule has 1 aromatic heterocycles. The van der Waals surface area contributed by atoms with Crippen LogP contribution in [0.25, 0.3) is 5.69 Å². The molecule has 0 spiro atoms. The second-order valence-electron chi connectivity index (χ2n) is 3.81. The van der Waals surface area contributed by atoms with Crippen molar-refractivity contribution in [2.45, 2.75) is 19.9 Å². The number of para-hydroxylation sites is 1. The standard InChI is InChI=1S/C14H16N4/c1-2-3-7-10-15-11-13-12-16-18(17-13)14-8-5-4-6-9-14/h4-6,8-9,12,15H,7,10-11H2,1H3. The molecule has 18 heavy (non-hydrogen) atoms. The Morgan fingerprint density at radius 2 is 2.11 bits per heavy atom. The minimum atomic E-state index is 0.720. The van der Waals surface area contributed by atoms with E-state index in [4.69, 9.17) is 0 Å². The monoisotopic (exact) mass is 240 g/mol. The molecular weight excluding hydrogens is 224 g/mol. The number of hydrogen-bond donors (Lipinski definition) is 1. The van der Waals surface area contributed by atoms with Gasteiger partial charge in [0.25, 0.3) is 0 Å². The molecular formula is C14H16N4. The summed E-state index contributed by atoms with van der Waals surface area (Å²) in [7, 11) is 0. The number of nitrogens with zero attached hydrogens (tertiary/aromatic N) is 3. The molecule has 0 radical (unpaired) electrons. The molecule has 2 aromatic rings. The van der Waals surface area contributed by atoms with Gasteiger partial charge < -0.3 is 5.32 Å². The zero-order chi connectivity index (χ0) is 12.6. The fourth-order valence-corrected chi connectivity index (χ4v) is 1.55. The van der Waals surface area contributed by atoms with E-state index in [9.17, 15) is 0 Å². The van der Waals surface area contributed by atoms with Crippen molar-refractivity contribution in [2.24, 2.45) is 0 Å². The molecule has 92 valence electrons. The van der Waals surface area contributed by atoms with Crippen molar-refractivity contribution in [3.63, 3.8) is 0 Å². The van der Waals surface area contributed by atoms with Gasteiger partial charge in [0.1, 0.15) is 0 Å². The van der Waals surface area contributed by atoms with Gasteiger partial charge in [-0.1, -0.05) is 18.2 Å². The van der Waals surface area contributed by atoms with Crippen LogP contribution in [0.4, 0.5) is 0 Å². The van der Waals surface area contributed by atoms with Crippen LogP contribution >= 0.6 is 0 Å². The highest BCUT2D eigenvalue weighted by atomic mass is 15.5. The number of benzene rings is 1. The summed E-state index contributed by atoms with van der Waals surface area (Å²) < 4.78 is 0. The van der Waals surface area contributed by atoms with Gasteiger partial charge in [-0.2, -0.15) is 15.0 Å². The summed E-state index contributed by atoms with van der Waals surface area (Å²) in [6.45, 7) is 3.45. The molecule has 1 aromatic carbocycles. The van der Waals surface area contributed by atoms with Crippen molar-refractivity contribution >= 4 is 0 Å². The Morgan fingerprint density at radius 3 is 2.89 bits per heavy atom. The summed E-state index contributed by atoms with van der Waals surface area (Å²) in [5.41, 5.74) is 1.91. The van der Waals surface area contributed by atoms with Gasteiger partial charge in [-0.15, -0.1) is 11.8 Å². The molecule has 0 aliphatic carbocycles. The average Bonchev–Trinajstić information content (AvgIpc) is 2.88. The summed E-state index contributed by atoms with van der Waals surface area (Å²) in [6, 6.07) is 9.88. The zero-order valence-corrected chi connectivity index (χ0v) is 10.4. The Bertz CT molecular complexity index is 534. The van der Waals surface area contributed by atoms with Crippen LogP contribution in [0.3, 0.4) is 0 Å². The third kappa shape index (κ3) is 3.44. The van der Waals surface area contributed by atoms with Gasteiger partial charge in [0.2, 0.25) is 0 Å². The molecule has 0 unspecified atom stereocenters. The second kappa shape index (κ2) is 6.58. The van der Waals surface area contributed by atoms with Crippen LogP contribution in [0, 0.1) is 11.8 Å². The lowest BCUT2D eigenvalue weighted by molar-refractivity contribution is 0.669. The van der Waals surface area contributed by atoms with Gasteiger partial charge in [0, 0.05) is 19.5 Å². The first-order valence-electron chi connectivity index (χ1n) is 5.97. The van der Waals surface area contributed by atoms with E-state index in [1.54, 1.807) is 11.0 Å². The van der Waals surface area contributed by atoms with Crippen molar-refractivity contribution in [3.8, 4) is 17.5 Å². The highest BCUT2D eigenvalue weighted by Gasteiger charge is 2.01. The first kappa shape index (κ1) is 12.3. The van der Waals surface area contributed by atoms with Gasteiger partial charge >= 0.3 is 0 Å². The maximum Gasteiger partial charge on any atom is 0.0969 e. The highest BCUT2D eigenvalue weighted by Crippen LogP contribution is 2.03.